The zero-order valence-corrected chi connectivity index (χ0v) is 17.3. The smallest absolute Gasteiger partial charge is 0.260 e. The van der Waals surface area contributed by atoms with Gasteiger partial charge in [0.15, 0.2) is 18.2 Å². The van der Waals surface area contributed by atoms with Crippen LogP contribution in [-0.4, -0.2) is 48.8 Å². The fraction of sp³-hybridized carbons (Fsp3) is 0.409. The molecule has 2 saturated heterocycles. The van der Waals surface area contributed by atoms with Crippen molar-refractivity contribution in [2.24, 2.45) is 0 Å². The number of hydrogen-bond donors (Lipinski definition) is 0. The van der Waals surface area contributed by atoms with Gasteiger partial charge in [0.05, 0.1) is 17.2 Å². The van der Waals surface area contributed by atoms with Gasteiger partial charge >= 0.3 is 0 Å². The lowest BCUT2D eigenvalue weighted by Crippen LogP contribution is -2.51. The van der Waals surface area contributed by atoms with Gasteiger partial charge in [-0.1, -0.05) is 11.6 Å². The van der Waals surface area contributed by atoms with Crippen LogP contribution < -0.4 is 9.47 Å². The molecular formula is C22H21ClF3NO4. The van der Waals surface area contributed by atoms with Crippen LogP contribution in [0, 0.1) is 17.5 Å². The van der Waals surface area contributed by atoms with Crippen molar-refractivity contribution >= 4 is 17.5 Å². The van der Waals surface area contributed by atoms with Crippen molar-refractivity contribution in [3.63, 3.8) is 0 Å². The van der Waals surface area contributed by atoms with Gasteiger partial charge in [0, 0.05) is 31.6 Å². The maximum absolute atomic E-state index is 13.7. The Morgan fingerprint density at radius 3 is 2.81 bits per heavy atom. The second kappa shape index (κ2) is 8.96. The molecule has 2 atom stereocenters. The van der Waals surface area contributed by atoms with Gasteiger partial charge in [-0.3, -0.25) is 4.79 Å². The lowest BCUT2D eigenvalue weighted by Gasteiger charge is -2.39. The number of benzene rings is 2. The van der Waals surface area contributed by atoms with E-state index in [4.69, 9.17) is 25.8 Å². The maximum Gasteiger partial charge on any atom is 0.260 e. The highest BCUT2D eigenvalue weighted by Crippen LogP contribution is 2.36. The van der Waals surface area contributed by atoms with Crippen LogP contribution in [0.2, 0.25) is 5.02 Å². The number of piperidine rings is 1. The molecule has 0 unspecified atom stereocenters. The molecule has 2 aromatic rings. The number of likely N-dealkylation sites (tertiary alicyclic amines) is 1. The van der Waals surface area contributed by atoms with Crippen molar-refractivity contribution in [1.29, 1.82) is 0 Å². The summed E-state index contributed by atoms with van der Waals surface area (Å²) in [6, 6.07) is 7.10. The Kier molecular flexibility index (Phi) is 6.29. The van der Waals surface area contributed by atoms with Crippen LogP contribution in [0.25, 0.3) is 0 Å². The predicted octanol–water partition coefficient (Wildman–Crippen LogP) is 4.37. The molecule has 1 spiro atoms. The van der Waals surface area contributed by atoms with Crippen molar-refractivity contribution in [2.75, 3.05) is 26.3 Å². The number of carbonyl (C=O) groups excluding carboxylic acids is 1. The van der Waals surface area contributed by atoms with Crippen molar-refractivity contribution in [3.05, 3.63) is 58.9 Å². The molecule has 0 bridgehead atoms. The lowest BCUT2D eigenvalue weighted by molar-refractivity contribution is -0.141. The summed E-state index contributed by atoms with van der Waals surface area (Å²) < 4.78 is 57.2. The molecular weight excluding hydrogens is 435 g/mol. The number of nitrogens with zero attached hydrogens (tertiary/aromatic N) is 1. The van der Waals surface area contributed by atoms with Crippen LogP contribution in [0.5, 0.6) is 11.5 Å². The minimum Gasteiger partial charge on any atom is -0.488 e. The number of rotatable bonds is 5. The van der Waals surface area contributed by atoms with Crippen LogP contribution in [0.4, 0.5) is 13.2 Å². The molecule has 31 heavy (non-hydrogen) atoms. The fourth-order valence-corrected chi connectivity index (χ4v) is 4.21. The summed E-state index contributed by atoms with van der Waals surface area (Å²) >= 11 is 5.80. The predicted molar refractivity (Wildman–Crippen MR) is 107 cm³/mol. The highest BCUT2D eigenvalue weighted by Gasteiger charge is 2.45. The molecule has 2 aliphatic heterocycles. The second-order valence-electron chi connectivity index (χ2n) is 7.80. The molecule has 0 saturated carbocycles. The third-order valence-electron chi connectivity index (χ3n) is 5.51. The third kappa shape index (κ3) is 5.07. The SMILES string of the molecule is O=C(COc1ccc(F)cc1F)N1CCC[C@]2(C[C@@H](Oc3ccc(F)c(Cl)c3)CO2)C1. The quantitative estimate of drug-likeness (QED) is 0.672. The Bertz CT molecular complexity index is 976. The number of halogens is 4. The third-order valence-corrected chi connectivity index (χ3v) is 5.80. The van der Waals surface area contributed by atoms with Crippen LogP contribution >= 0.6 is 11.6 Å². The molecule has 0 aliphatic carbocycles. The van der Waals surface area contributed by atoms with E-state index in [1.165, 1.54) is 18.2 Å². The minimum absolute atomic E-state index is 0.0156. The summed E-state index contributed by atoms with van der Waals surface area (Å²) in [5, 5.41) is -0.0156. The zero-order valence-electron chi connectivity index (χ0n) is 16.6. The average Bonchev–Trinajstić information content (AvgIpc) is 3.11. The maximum atomic E-state index is 13.7. The highest BCUT2D eigenvalue weighted by molar-refractivity contribution is 6.30. The molecule has 9 heteroatoms. The van der Waals surface area contributed by atoms with Crippen molar-refractivity contribution in [1.82, 2.24) is 4.90 Å². The summed E-state index contributed by atoms with van der Waals surface area (Å²) in [7, 11) is 0. The van der Waals surface area contributed by atoms with Crippen LogP contribution in [-0.2, 0) is 9.53 Å². The van der Waals surface area contributed by atoms with E-state index >= 15 is 0 Å². The summed E-state index contributed by atoms with van der Waals surface area (Å²) in [5.41, 5.74) is -0.538. The number of carbonyl (C=O) groups is 1. The van der Waals surface area contributed by atoms with Gasteiger partial charge in [0.1, 0.15) is 23.5 Å². The number of amides is 1. The molecule has 4 rings (SSSR count). The summed E-state index contributed by atoms with van der Waals surface area (Å²) in [6.07, 6.45) is 1.83. The standard InChI is InChI=1S/C22H21ClF3NO4/c23-17-9-15(3-4-18(17)25)31-16-10-22(30-11-16)6-1-7-27(13-22)21(28)12-29-20-5-2-14(24)8-19(20)26/h2-5,8-9,16H,1,6-7,10-13H2/t16-,22+/m1/s1. The topological polar surface area (TPSA) is 48.0 Å². The number of ether oxygens (including phenoxy) is 3. The van der Waals surface area contributed by atoms with E-state index in [0.29, 0.717) is 37.9 Å². The van der Waals surface area contributed by atoms with E-state index in [-0.39, 0.29) is 29.4 Å². The summed E-state index contributed by atoms with van der Waals surface area (Å²) in [6.45, 7) is 0.893. The first-order chi connectivity index (χ1) is 14.8. The van der Waals surface area contributed by atoms with E-state index in [1.54, 1.807) is 4.90 Å². The Morgan fingerprint density at radius 2 is 2.03 bits per heavy atom. The van der Waals surface area contributed by atoms with E-state index in [9.17, 15) is 18.0 Å². The molecule has 1 amide bonds. The fourth-order valence-electron chi connectivity index (χ4n) is 4.04. The molecule has 166 valence electrons. The van der Waals surface area contributed by atoms with Crippen LogP contribution in [0.1, 0.15) is 19.3 Å². The summed E-state index contributed by atoms with van der Waals surface area (Å²) in [4.78, 5) is 14.2. The minimum atomic E-state index is -0.858. The van der Waals surface area contributed by atoms with Crippen molar-refractivity contribution in [3.8, 4) is 11.5 Å². The van der Waals surface area contributed by atoms with E-state index in [1.807, 2.05) is 0 Å². The van der Waals surface area contributed by atoms with Gasteiger partial charge in [-0.2, -0.15) is 0 Å². The van der Waals surface area contributed by atoms with Crippen molar-refractivity contribution < 1.29 is 32.2 Å². The first-order valence-corrected chi connectivity index (χ1v) is 10.3. The van der Waals surface area contributed by atoms with Crippen molar-refractivity contribution in [2.45, 2.75) is 31.0 Å². The van der Waals surface area contributed by atoms with E-state index in [2.05, 4.69) is 0 Å². The lowest BCUT2D eigenvalue weighted by atomic mass is 9.89. The van der Waals surface area contributed by atoms with E-state index < -0.39 is 23.1 Å². The average molecular weight is 456 g/mol. The van der Waals surface area contributed by atoms with Gasteiger partial charge in [0.2, 0.25) is 0 Å². The first kappa shape index (κ1) is 21.8. The van der Waals surface area contributed by atoms with Gasteiger partial charge in [-0.15, -0.1) is 0 Å². The number of hydrogen-bond acceptors (Lipinski definition) is 4. The highest BCUT2D eigenvalue weighted by atomic mass is 35.5. The molecule has 2 aromatic carbocycles. The Balaban J connectivity index is 1.33. The molecule has 0 aromatic heterocycles. The van der Waals surface area contributed by atoms with Gasteiger partial charge in [-0.25, -0.2) is 13.2 Å². The first-order valence-electron chi connectivity index (χ1n) is 9.95. The van der Waals surface area contributed by atoms with Gasteiger partial charge in [-0.05, 0) is 37.1 Å². The van der Waals surface area contributed by atoms with E-state index in [0.717, 1.165) is 25.0 Å². The summed E-state index contributed by atoms with van der Waals surface area (Å²) in [5.74, 6) is -2.12. The Hall–Kier alpha value is -2.45. The second-order valence-corrected chi connectivity index (χ2v) is 8.20. The molecule has 0 N–H and O–H groups in total. The monoisotopic (exact) mass is 455 g/mol. The molecule has 0 radical (unpaired) electrons. The molecule has 2 heterocycles. The Labute approximate surface area is 182 Å². The molecule has 2 aliphatic rings. The van der Waals surface area contributed by atoms with Crippen LogP contribution in [0.3, 0.4) is 0 Å². The Morgan fingerprint density at radius 1 is 1.19 bits per heavy atom. The zero-order chi connectivity index (χ0) is 22.0. The van der Waals surface area contributed by atoms with Gasteiger partial charge < -0.3 is 19.1 Å². The molecule has 5 nitrogen and oxygen atoms in total. The largest absolute Gasteiger partial charge is 0.488 e. The normalized spacial score (nSPS) is 23.2. The van der Waals surface area contributed by atoms with Gasteiger partial charge in [0.25, 0.3) is 5.91 Å². The molecule has 2 fully saturated rings. The van der Waals surface area contributed by atoms with Crippen LogP contribution in [0.15, 0.2) is 36.4 Å².